The molecule has 0 bridgehead atoms. The first-order chi connectivity index (χ1) is 13.1. The van der Waals surface area contributed by atoms with E-state index < -0.39 is 24.0 Å². The Bertz CT molecular complexity index is 841. The van der Waals surface area contributed by atoms with E-state index in [1.165, 1.54) is 6.07 Å². The summed E-state index contributed by atoms with van der Waals surface area (Å²) in [6, 6.07) is 7.77. The summed E-state index contributed by atoms with van der Waals surface area (Å²) in [5.41, 5.74) is 10.5. The molecule has 0 saturated heterocycles. The van der Waals surface area contributed by atoms with Crippen molar-refractivity contribution in [3.63, 3.8) is 0 Å². The zero-order valence-electron chi connectivity index (χ0n) is 15.0. The molecule has 0 fully saturated rings. The van der Waals surface area contributed by atoms with Crippen molar-refractivity contribution < 1.29 is 18.0 Å². The molecule has 0 spiro atoms. The van der Waals surface area contributed by atoms with Gasteiger partial charge in [0.1, 0.15) is 11.9 Å². The number of pyridine rings is 1. The van der Waals surface area contributed by atoms with Crippen molar-refractivity contribution in [3.05, 3.63) is 53.7 Å². The van der Waals surface area contributed by atoms with Gasteiger partial charge in [0, 0.05) is 30.1 Å². The highest BCUT2D eigenvalue weighted by Crippen LogP contribution is 2.24. The lowest BCUT2D eigenvalue weighted by atomic mass is 10.0. The van der Waals surface area contributed by atoms with Crippen LogP contribution in [0.2, 0.25) is 0 Å². The SMILES string of the molecule is CC(CNC(=O)Nc1cc(N)c(C(=N)C(N)C(F)(F)F)cn1)c1ccccc1. The summed E-state index contributed by atoms with van der Waals surface area (Å²) >= 11 is 0. The first kappa shape index (κ1) is 21.2. The number of nitrogen functional groups attached to an aromatic ring is 1. The number of hydrogen-bond donors (Lipinski definition) is 5. The number of nitrogens with two attached hydrogens (primary N) is 2. The molecule has 0 saturated carbocycles. The molecule has 150 valence electrons. The third-order valence-electron chi connectivity index (χ3n) is 4.07. The van der Waals surface area contributed by atoms with Crippen molar-refractivity contribution in [1.29, 1.82) is 5.41 Å². The van der Waals surface area contributed by atoms with Gasteiger partial charge < -0.3 is 22.2 Å². The molecule has 0 aliphatic heterocycles. The van der Waals surface area contributed by atoms with Crippen molar-refractivity contribution in [1.82, 2.24) is 10.3 Å². The Morgan fingerprint density at radius 2 is 1.93 bits per heavy atom. The van der Waals surface area contributed by atoms with Crippen LogP contribution in [0.3, 0.4) is 0 Å². The highest BCUT2D eigenvalue weighted by atomic mass is 19.4. The van der Waals surface area contributed by atoms with Crippen LogP contribution in [0.4, 0.5) is 29.5 Å². The smallest absolute Gasteiger partial charge is 0.398 e. The number of urea groups is 1. The number of nitrogens with zero attached hydrogens (tertiary/aromatic N) is 1. The summed E-state index contributed by atoms with van der Waals surface area (Å²) < 4.78 is 37.9. The largest absolute Gasteiger partial charge is 0.409 e. The number of amides is 2. The number of nitrogens with one attached hydrogen (secondary N) is 3. The standard InChI is InChI=1S/C18H21F3N6O/c1-10(11-5-3-2-4-6-11)8-26-17(28)27-14-7-13(22)12(9-25-14)15(23)16(24)18(19,20)21/h2-7,9-10,16,23H,8,24H2,1H3,(H4,22,25,26,27,28). The van der Waals surface area contributed by atoms with E-state index in [-0.39, 0.29) is 23.0 Å². The van der Waals surface area contributed by atoms with Crippen molar-refractivity contribution >= 4 is 23.2 Å². The van der Waals surface area contributed by atoms with Crippen LogP contribution in [0.1, 0.15) is 24.0 Å². The van der Waals surface area contributed by atoms with E-state index in [0.29, 0.717) is 6.54 Å². The molecule has 2 rings (SSSR count). The predicted octanol–water partition coefficient (Wildman–Crippen LogP) is 2.85. The molecule has 7 N–H and O–H groups in total. The minimum Gasteiger partial charge on any atom is -0.398 e. The van der Waals surface area contributed by atoms with E-state index in [4.69, 9.17) is 16.9 Å². The van der Waals surface area contributed by atoms with Gasteiger partial charge in [-0.05, 0) is 11.5 Å². The number of hydrogen-bond acceptors (Lipinski definition) is 5. The van der Waals surface area contributed by atoms with Crippen molar-refractivity contribution in [3.8, 4) is 0 Å². The van der Waals surface area contributed by atoms with Crippen LogP contribution < -0.4 is 22.1 Å². The monoisotopic (exact) mass is 394 g/mol. The van der Waals surface area contributed by atoms with Gasteiger partial charge in [-0.3, -0.25) is 5.32 Å². The van der Waals surface area contributed by atoms with E-state index in [0.717, 1.165) is 11.8 Å². The maximum absolute atomic E-state index is 12.6. The Hall–Kier alpha value is -3.14. The van der Waals surface area contributed by atoms with Gasteiger partial charge in [0.15, 0.2) is 0 Å². The quantitative estimate of drug-likeness (QED) is 0.482. The van der Waals surface area contributed by atoms with Crippen LogP contribution in [0.15, 0.2) is 42.6 Å². The first-order valence-corrected chi connectivity index (χ1v) is 8.36. The minimum atomic E-state index is -4.77. The average molecular weight is 394 g/mol. The first-order valence-electron chi connectivity index (χ1n) is 8.36. The summed E-state index contributed by atoms with van der Waals surface area (Å²) in [7, 11) is 0. The van der Waals surface area contributed by atoms with E-state index in [1.54, 1.807) is 0 Å². The second-order valence-corrected chi connectivity index (χ2v) is 6.24. The van der Waals surface area contributed by atoms with Gasteiger partial charge in [0.05, 0.1) is 5.71 Å². The van der Waals surface area contributed by atoms with Gasteiger partial charge in [0.25, 0.3) is 0 Å². The van der Waals surface area contributed by atoms with Gasteiger partial charge in [-0.25, -0.2) is 9.78 Å². The number of rotatable bonds is 6. The van der Waals surface area contributed by atoms with Crippen LogP contribution >= 0.6 is 0 Å². The fraction of sp³-hybridized carbons (Fsp3) is 0.278. The normalized spacial score (nSPS) is 13.5. The molecule has 1 aromatic carbocycles. The lowest BCUT2D eigenvalue weighted by Crippen LogP contribution is -2.44. The molecular formula is C18H21F3N6O. The second kappa shape index (κ2) is 8.70. The average Bonchev–Trinajstić information content (AvgIpc) is 2.65. The molecule has 2 atom stereocenters. The minimum absolute atomic E-state index is 0.0412. The molecule has 2 aromatic rings. The Morgan fingerprint density at radius 3 is 2.50 bits per heavy atom. The van der Waals surface area contributed by atoms with Gasteiger partial charge in [0.2, 0.25) is 0 Å². The molecular weight excluding hydrogens is 373 g/mol. The second-order valence-electron chi connectivity index (χ2n) is 6.24. The van der Waals surface area contributed by atoms with Crippen molar-refractivity contribution in [2.45, 2.75) is 25.1 Å². The number of benzene rings is 1. The Morgan fingerprint density at radius 1 is 1.29 bits per heavy atom. The third kappa shape index (κ3) is 5.43. The lowest BCUT2D eigenvalue weighted by Gasteiger charge is -2.18. The van der Waals surface area contributed by atoms with Gasteiger partial charge in [-0.1, -0.05) is 37.3 Å². The van der Waals surface area contributed by atoms with Crippen LogP contribution in [-0.2, 0) is 0 Å². The summed E-state index contributed by atoms with van der Waals surface area (Å²) in [4.78, 5) is 15.8. The van der Waals surface area contributed by atoms with Gasteiger partial charge in [-0.2, -0.15) is 13.2 Å². The predicted molar refractivity (Wildman–Crippen MR) is 101 cm³/mol. The molecule has 10 heteroatoms. The van der Waals surface area contributed by atoms with Crippen LogP contribution in [0.5, 0.6) is 0 Å². The summed E-state index contributed by atoms with van der Waals surface area (Å²) in [5, 5.41) is 12.7. The molecule has 0 radical (unpaired) electrons. The molecule has 7 nitrogen and oxygen atoms in total. The summed E-state index contributed by atoms with van der Waals surface area (Å²) in [6.45, 7) is 2.32. The molecule has 1 aromatic heterocycles. The summed E-state index contributed by atoms with van der Waals surface area (Å²) in [6.07, 6.45) is -3.79. The molecule has 0 aliphatic carbocycles. The molecule has 2 amide bonds. The van der Waals surface area contributed by atoms with Crippen LogP contribution in [0.25, 0.3) is 0 Å². The van der Waals surface area contributed by atoms with Crippen molar-refractivity contribution in [2.75, 3.05) is 17.6 Å². The number of anilines is 2. The number of alkyl halides is 3. The highest BCUT2D eigenvalue weighted by molar-refractivity contribution is 6.06. The van der Waals surface area contributed by atoms with E-state index in [9.17, 15) is 18.0 Å². The molecule has 0 aliphatic rings. The fourth-order valence-corrected chi connectivity index (χ4v) is 2.40. The molecule has 1 heterocycles. The zero-order valence-corrected chi connectivity index (χ0v) is 15.0. The van der Waals surface area contributed by atoms with E-state index in [1.807, 2.05) is 37.3 Å². The Balaban J connectivity index is 1.96. The fourth-order valence-electron chi connectivity index (χ4n) is 2.40. The topological polar surface area (TPSA) is 130 Å². The Kier molecular flexibility index (Phi) is 6.57. The molecule has 28 heavy (non-hydrogen) atoms. The highest BCUT2D eigenvalue weighted by Gasteiger charge is 2.40. The van der Waals surface area contributed by atoms with Crippen molar-refractivity contribution in [2.24, 2.45) is 5.73 Å². The molecule has 2 unspecified atom stereocenters. The third-order valence-corrected chi connectivity index (χ3v) is 4.07. The lowest BCUT2D eigenvalue weighted by molar-refractivity contribution is -0.132. The van der Waals surface area contributed by atoms with E-state index in [2.05, 4.69) is 15.6 Å². The van der Waals surface area contributed by atoms with E-state index >= 15 is 0 Å². The van der Waals surface area contributed by atoms with Gasteiger partial charge >= 0.3 is 12.2 Å². The maximum Gasteiger partial charge on any atom is 0.409 e. The van der Waals surface area contributed by atoms with Crippen LogP contribution in [0, 0.1) is 5.41 Å². The number of halogens is 3. The van der Waals surface area contributed by atoms with Gasteiger partial charge in [-0.15, -0.1) is 0 Å². The maximum atomic E-state index is 12.6. The Labute approximate surface area is 159 Å². The summed E-state index contributed by atoms with van der Waals surface area (Å²) in [5.74, 6) is 0.121. The number of aromatic nitrogens is 1. The van der Waals surface area contributed by atoms with Crippen LogP contribution in [-0.4, -0.2) is 35.5 Å². The number of carbonyl (C=O) groups is 1. The number of carbonyl (C=O) groups excluding carboxylic acids is 1. The zero-order chi connectivity index (χ0) is 20.9.